The molecule has 2 heterocycles. The predicted octanol–water partition coefficient (Wildman–Crippen LogP) is 3.64. The van der Waals surface area contributed by atoms with Gasteiger partial charge < -0.3 is 9.84 Å². The summed E-state index contributed by atoms with van der Waals surface area (Å²) in [5, 5.41) is 14.0. The standard InChI is InChI=1S/C25H25N3O5/c1-16-11-17(2)28(26-16)20-10-6-9-19(13-20)22(14-23(29)30)24(31)27-21(15-33-25(27)32)12-18-7-4-3-5-8-18/h3-11,13,21-22H,12,14-15H2,1-2H3,(H,29,30)/t21-,22?/m0/s1. The SMILES string of the molecule is Cc1cc(C)n(-c2cccc(C(CC(=O)O)C(=O)N3C(=O)OC[C@@H]3Cc3ccccc3)c2)n1. The van der Waals surface area contributed by atoms with E-state index < -0.39 is 36.4 Å². The second-order valence-electron chi connectivity index (χ2n) is 8.21. The van der Waals surface area contributed by atoms with Crippen LogP contribution in [0.15, 0.2) is 60.7 Å². The Morgan fingerprint density at radius 2 is 1.88 bits per heavy atom. The van der Waals surface area contributed by atoms with Gasteiger partial charge in [-0.3, -0.25) is 9.59 Å². The molecule has 2 atom stereocenters. The smallest absolute Gasteiger partial charge is 0.417 e. The number of carboxylic acid groups (broad SMARTS) is 1. The van der Waals surface area contributed by atoms with Gasteiger partial charge in [-0.1, -0.05) is 42.5 Å². The lowest BCUT2D eigenvalue weighted by Gasteiger charge is -2.25. The van der Waals surface area contributed by atoms with Crippen LogP contribution in [0.1, 0.15) is 34.9 Å². The molecule has 1 aliphatic rings. The largest absolute Gasteiger partial charge is 0.481 e. The summed E-state index contributed by atoms with van der Waals surface area (Å²) in [7, 11) is 0. The highest BCUT2D eigenvalue weighted by Crippen LogP contribution is 2.29. The number of ether oxygens (including phenoxy) is 1. The van der Waals surface area contributed by atoms with Crippen molar-refractivity contribution in [3.05, 3.63) is 83.2 Å². The van der Waals surface area contributed by atoms with Crippen LogP contribution in [0.5, 0.6) is 0 Å². The predicted molar refractivity (Wildman–Crippen MR) is 120 cm³/mol. The van der Waals surface area contributed by atoms with Crippen LogP contribution in [-0.4, -0.2) is 50.4 Å². The van der Waals surface area contributed by atoms with Gasteiger partial charge in [-0.25, -0.2) is 14.4 Å². The van der Waals surface area contributed by atoms with E-state index in [9.17, 15) is 19.5 Å². The van der Waals surface area contributed by atoms with E-state index in [0.717, 1.165) is 21.9 Å². The number of aryl methyl sites for hydroxylation is 2. The van der Waals surface area contributed by atoms with Gasteiger partial charge in [0.2, 0.25) is 5.91 Å². The first-order valence-corrected chi connectivity index (χ1v) is 10.7. The molecule has 0 spiro atoms. The molecule has 1 saturated heterocycles. The number of carbonyl (C=O) groups excluding carboxylic acids is 2. The maximum Gasteiger partial charge on any atom is 0.417 e. The molecule has 33 heavy (non-hydrogen) atoms. The number of aliphatic carboxylic acids is 1. The number of benzene rings is 2. The highest BCUT2D eigenvalue weighted by Gasteiger charge is 2.41. The van der Waals surface area contributed by atoms with Crippen molar-refractivity contribution >= 4 is 18.0 Å². The zero-order valence-electron chi connectivity index (χ0n) is 18.5. The molecule has 3 aromatic rings. The Labute approximate surface area is 191 Å². The Balaban J connectivity index is 1.66. The molecule has 170 valence electrons. The normalized spacial score (nSPS) is 16.5. The van der Waals surface area contributed by atoms with Gasteiger partial charge in [-0.2, -0.15) is 5.10 Å². The van der Waals surface area contributed by atoms with Crippen LogP contribution in [0.25, 0.3) is 5.69 Å². The zero-order valence-corrected chi connectivity index (χ0v) is 18.5. The molecular weight excluding hydrogens is 422 g/mol. The number of cyclic esters (lactones) is 1. The summed E-state index contributed by atoms with van der Waals surface area (Å²) in [5.74, 6) is -2.74. The maximum absolute atomic E-state index is 13.6. The van der Waals surface area contributed by atoms with Crippen molar-refractivity contribution in [1.82, 2.24) is 14.7 Å². The number of carboxylic acids is 1. The second kappa shape index (κ2) is 9.28. The van der Waals surface area contributed by atoms with Crippen molar-refractivity contribution in [3.8, 4) is 5.69 Å². The van der Waals surface area contributed by atoms with Crippen LogP contribution < -0.4 is 0 Å². The Morgan fingerprint density at radius 1 is 1.12 bits per heavy atom. The summed E-state index contributed by atoms with van der Waals surface area (Å²) < 4.78 is 6.92. The molecule has 4 rings (SSSR count). The quantitative estimate of drug-likeness (QED) is 0.593. The van der Waals surface area contributed by atoms with Crippen molar-refractivity contribution < 1.29 is 24.2 Å². The highest BCUT2D eigenvalue weighted by atomic mass is 16.6. The van der Waals surface area contributed by atoms with Crippen LogP contribution in [0, 0.1) is 13.8 Å². The van der Waals surface area contributed by atoms with Crippen molar-refractivity contribution in [1.29, 1.82) is 0 Å². The van der Waals surface area contributed by atoms with E-state index in [0.29, 0.717) is 17.7 Å². The molecule has 1 aliphatic heterocycles. The number of aromatic nitrogens is 2. The molecule has 1 fully saturated rings. The van der Waals surface area contributed by atoms with Gasteiger partial charge in [-0.15, -0.1) is 0 Å². The molecule has 8 heteroatoms. The van der Waals surface area contributed by atoms with Crippen molar-refractivity contribution in [2.75, 3.05) is 6.61 Å². The Bertz CT molecular complexity index is 1190. The molecule has 1 N–H and O–H groups in total. The number of carbonyl (C=O) groups is 3. The van der Waals surface area contributed by atoms with Gasteiger partial charge in [0.15, 0.2) is 0 Å². The molecule has 8 nitrogen and oxygen atoms in total. The second-order valence-corrected chi connectivity index (χ2v) is 8.21. The summed E-state index contributed by atoms with van der Waals surface area (Å²) in [6.45, 7) is 3.88. The molecule has 0 radical (unpaired) electrons. The molecule has 1 aromatic heterocycles. The zero-order chi connectivity index (χ0) is 23.5. The maximum atomic E-state index is 13.6. The monoisotopic (exact) mass is 447 g/mol. The fraction of sp³-hybridized carbons (Fsp3) is 0.280. The molecule has 0 aliphatic carbocycles. The first-order chi connectivity index (χ1) is 15.8. The number of hydrogen-bond donors (Lipinski definition) is 1. The van der Waals surface area contributed by atoms with Crippen molar-refractivity contribution in [2.45, 2.75) is 38.6 Å². The topological polar surface area (TPSA) is 102 Å². The van der Waals surface area contributed by atoms with Gasteiger partial charge in [-0.05, 0) is 49.6 Å². The Morgan fingerprint density at radius 3 is 2.55 bits per heavy atom. The highest BCUT2D eigenvalue weighted by molar-refractivity contribution is 5.98. The molecule has 0 saturated carbocycles. The fourth-order valence-electron chi connectivity index (χ4n) is 4.22. The minimum absolute atomic E-state index is 0.0745. The molecular formula is C25H25N3O5. The van der Waals surface area contributed by atoms with Gasteiger partial charge >= 0.3 is 12.1 Å². The third-order valence-corrected chi connectivity index (χ3v) is 5.72. The van der Waals surface area contributed by atoms with E-state index in [2.05, 4.69) is 5.10 Å². The summed E-state index contributed by atoms with van der Waals surface area (Å²) in [6.07, 6.45) is -0.753. The summed E-state index contributed by atoms with van der Waals surface area (Å²) >= 11 is 0. The van der Waals surface area contributed by atoms with Gasteiger partial charge in [0.1, 0.15) is 6.61 Å². The number of hydrogen-bond acceptors (Lipinski definition) is 5. The molecule has 0 bridgehead atoms. The summed E-state index contributed by atoms with van der Waals surface area (Å²) in [4.78, 5) is 38.8. The van der Waals surface area contributed by atoms with Gasteiger partial charge in [0.25, 0.3) is 0 Å². The van der Waals surface area contributed by atoms with E-state index in [1.165, 1.54) is 0 Å². The van der Waals surface area contributed by atoms with Crippen LogP contribution in [0.4, 0.5) is 4.79 Å². The average molecular weight is 447 g/mol. The van der Waals surface area contributed by atoms with Crippen LogP contribution in [0.2, 0.25) is 0 Å². The van der Waals surface area contributed by atoms with E-state index in [-0.39, 0.29) is 6.61 Å². The average Bonchev–Trinajstić information content (AvgIpc) is 3.33. The number of amides is 2. The van der Waals surface area contributed by atoms with Crippen molar-refractivity contribution in [3.63, 3.8) is 0 Å². The first-order valence-electron chi connectivity index (χ1n) is 10.7. The molecule has 2 aromatic carbocycles. The summed E-state index contributed by atoms with van der Waals surface area (Å²) in [5.41, 5.74) is 3.94. The fourth-order valence-corrected chi connectivity index (χ4v) is 4.22. The van der Waals surface area contributed by atoms with Crippen LogP contribution in [-0.2, 0) is 20.7 Å². The number of rotatable bonds is 7. The van der Waals surface area contributed by atoms with Crippen LogP contribution in [0.3, 0.4) is 0 Å². The third-order valence-electron chi connectivity index (χ3n) is 5.72. The van der Waals surface area contributed by atoms with E-state index in [1.54, 1.807) is 22.9 Å². The summed E-state index contributed by atoms with van der Waals surface area (Å²) in [6, 6.07) is 18.0. The van der Waals surface area contributed by atoms with E-state index in [4.69, 9.17) is 4.74 Å². The van der Waals surface area contributed by atoms with Gasteiger partial charge in [0.05, 0.1) is 29.8 Å². The lowest BCUT2D eigenvalue weighted by molar-refractivity contribution is -0.141. The number of imide groups is 1. The lowest BCUT2D eigenvalue weighted by Crippen LogP contribution is -2.43. The number of nitrogens with zero attached hydrogens (tertiary/aromatic N) is 3. The molecule has 1 unspecified atom stereocenters. The van der Waals surface area contributed by atoms with Crippen molar-refractivity contribution in [2.24, 2.45) is 0 Å². The molecule has 2 amide bonds. The van der Waals surface area contributed by atoms with E-state index in [1.807, 2.05) is 56.3 Å². The Hall–Kier alpha value is -3.94. The minimum Gasteiger partial charge on any atom is -0.481 e. The van der Waals surface area contributed by atoms with Gasteiger partial charge in [0, 0.05) is 5.69 Å². The van der Waals surface area contributed by atoms with E-state index >= 15 is 0 Å². The first kappa shape index (κ1) is 22.3. The Kier molecular flexibility index (Phi) is 6.26. The minimum atomic E-state index is -1.13. The van der Waals surface area contributed by atoms with Crippen LogP contribution >= 0.6 is 0 Å². The lowest BCUT2D eigenvalue weighted by atomic mass is 9.93. The third kappa shape index (κ3) is 4.79.